The molecule has 0 saturated carbocycles. The first kappa shape index (κ1) is 15.3. The van der Waals surface area contributed by atoms with Gasteiger partial charge in [-0.15, -0.1) is 0 Å². The molecule has 0 bridgehead atoms. The van der Waals surface area contributed by atoms with Crippen LogP contribution in [0.4, 0.5) is 5.69 Å². The van der Waals surface area contributed by atoms with Crippen LogP contribution in [0.3, 0.4) is 0 Å². The number of aliphatic carboxylic acids is 1. The number of benzene rings is 2. The van der Waals surface area contributed by atoms with Gasteiger partial charge in [0.1, 0.15) is 0 Å². The number of aromatic amines is 1. The van der Waals surface area contributed by atoms with E-state index in [-0.39, 0.29) is 5.92 Å². The Balaban J connectivity index is 2.22. The van der Waals surface area contributed by atoms with E-state index in [0.717, 1.165) is 33.9 Å². The summed E-state index contributed by atoms with van der Waals surface area (Å²) in [6.07, 6.45) is 0.764. The molecule has 23 heavy (non-hydrogen) atoms. The number of hydrogen-bond donors (Lipinski definition) is 1. The normalized spacial score (nSPS) is 13.8. The predicted molar refractivity (Wildman–Crippen MR) is 89.9 cm³/mol. The van der Waals surface area contributed by atoms with Crippen molar-refractivity contribution in [1.82, 2.24) is 0 Å². The van der Waals surface area contributed by atoms with Gasteiger partial charge >= 0.3 is 0 Å². The summed E-state index contributed by atoms with van der Waals surface area (Å²) in [7, 11) is 0. The van der Waals surface area contributed by atoms with Gasteiger partial charge in [-0.25, -0.2) is 4.98 Å². The summed E-state index contributed by atoms with van der Waals surface area (Å²) in [5.74, 6) is -1.10. The molecule has 2 aromatic carbocycles. The van der Waals surface area contributed by atoms with E-state index < -0.39 is 12.0 Å². The number of hydrogen-bond acceptors (Lipinski definition) is 3. The molecule has 1 aromatic heterocycles. The maximum Gasteiger partial charge on any atom is 0.213 e. The molecule has 4 heteroatoms. The third-order valence-corrected chi connectivity index (χ3v) is 4.43. The Morgan fingerprint density at radius 2 is 1.61 bits per heavy atom. The van der Waals surface area contributed by atoms with Crippen LogP contribution >= 0.6 is 0 Å². The molecule has 0 unspecified atom stereocenters. The smallest absolute Gasteiger partial charge is 0.213 e. The maximum absolute atomic E-state index is 11.6. The van der Waals surface area contributed by atoms with Gasteiger partial charge in [0, 0.05) is 12.1 Å². The van der Waals surface area contributed by atoms with Crippen LogP contribution in [0.1, 0.15) is 20.3 Å². The maximum atomic E-state index is 11.6. The molecule has 0 saturated heterocycles. The number of anilines is 1. The monoisotopic (exact) mass is 308 g/mol. The molecule has 0 aliphatic heterocycles. The summed E-state index contributed by atoms with van der Waals surface area (Å²) < 4.78 is 0. The Morgan fingerprint density at radius 3 is 2.09 bits per heavy atom. The van der Waals surface area contributed by atoms with E-state index in [1.165, 1.54) is 0 Å². The fourth-order valence-corrected chi connectivity index (χ4v) is 2.89. The number of carbonyl (C=O) groups is 1. The van der Waals surface area contributed by atoms with Crippen LogP contribution in [0.15, 0.2) is 48.5 Å². The highest BCUT2D eigenvalue weighted by atomic mass is 16.4. The van der Waals surface area contributed by atoms with E-state index in [4.69, 9.17) is 0 Å². The lowest BCUT2D eigenvalue weighted by molar-refractivity contribution is -0.310. The quantitative estimate of drug-likeness (QED) is 0.736. The van der Waals surface area contributed by atoms with Gasteiger partial charge in [0.25, 0.3) is 0 Å². The van der Waals surface area contributed by atoms with Crippen molar-refractivity contribution in [2.45, 2.75) is 26.3 Å². The van der Waals surface area contributed by atoms with Crippen molar-refractivity contribution in [3.8, 4) is 0 Å². The Morgan fingerprint density at radius 1 is 1.09 bits per heavy atom. The Hall–Kier alpha value is -2.62. The van der Waals surface area contributed by atoms with Gasteiger partial charge in [-0.05, 0) is 18.1 Å². The van der Waals surface area contributed by atoms with E-state index >= 15 is 0 Å². The van der Waals surface area contributed by atoms with E-state index in [1.807, 2.05) is 62.4 Å². The number of pyridine rings is 1. The molecule has 0 aliphatic rings. The summed E-state index contributed by atoms with van der Waals surface area (Å²) in [6.45, 7) is 3.91. The highest BCUT2D eigenvalue weighted by Crippen LogP contribution is 2.30. The zero-order valence-electron chi connectivity index (χ0n) is 13.3. The molecular weight excluding hydrogens is 288 g/mol. The van der Waals surface area contributed by atoms with Crippen molar-refractivity contribution < 1.29 is 14.9 Å². The molecule has 0 aliphatic carbocycles. The number of aromatic nitrogens is 1. The average molecular weight is 308 g/mol. The van der Waals surface area contributed by atoms with Crippen molar-refractivity contribution in [3.05, 3.63) is 48.5 Å². The molecule has 118 valence electrons. The Labute approximate surface area is 135 Å². The standard InChI is InChI=1S/C19H20N2O2/c1-3-12(2)17(19(22)23)21-18-13-8-4-6-10-15(13)20-16-11-7-5-9-14(16)18/h4-12,17H,3H2,1-2H3,(H,20,21)(H,22,23)/t12-,17-/m1/s1. The van der Waals surface area contributed by atoms with Gasteiger partial charge in [-0.2, -0.15) is 0 Å². The van der Waals surface area contributed by atoms with Crippen LogP contribution in [-0.2, 0) is 4.79 Å². The molecule has 1 heterocycles. The van der Waals surface area contributed by atoms with Crippen molar-refractivity contribution in [2.24, 2.45) is 5.92 Å². The van der Waals surface area contributed by atoms with E-state index in [9.17, 15) is 9.90 Å². The summed E-state index contributed by atoms with van der Waals surface area (Å²) in [6, 6.07) is 15.1. The zero-order valence-corrected chi connectivity index (χ0v) is 13.3. The predicted octanol–water partition coefficient (Wildman–Crippen LogP) is 2.38. The first-order valence-electron chi connectivity index (χ1n) is 7.92. The SMILES string of the molecule is CC[C@@H](C)[C@@H](Nc1c2ccccc2[nH+]c2ccccc12)C(=O)[O-]. The number of rotatable bonds is 5. The lowest BCUT2D eigenvalue weighted by Crippen LogP contribution is -2.45. The summed E-state index contributed by atoms with van der Waals surface area (Å²) >= 11 is 0. The lowest BCUT2D eigenvalue weighted by atomic mass is 9.98. The average Bonchev–Trinajstić information content (AvgIpc) is 2.57. The number of H-pyrrole nitrogens is 1. The zero-order chi connectivity index (χ0) is 16.4. The minimum Gasteiger partial charge on any atom is -0.548 e. The summed E-state index contributed by atoms with van der Waals surface area (Å²) in [5.41, 5.74) is 2.77. The first-order chi connectivity index (χ1) is 11.1. The van der Waals surface area contributed by atoms with Crippen LogP contribution in [-0.4, -0.2) is 12.0 Å². The molecule has 3 rings (SSSR count). The molecular formula is C19H20N2O2. The fraction of sp³-hybridized carbons (Fsp3) is 0.263. The molecule has 0 radical (unpaired) electrons. The fourth-order valence-electron chi connectivity index (χ4n) is 2.89. The van der Waals surface area contributed by atoms with Gasteiger partial charge in [0.15, 0.2) is 0 Å². The Bertz CT molecular complexity index is 806. The van der Waals surface area contributed by atoms with Crippen LogP contribution in [0, 0.1) is 5.92 Å². The third kappa shape index (κ3) is 2.84. The largest absolute Gasteiger partial charge is 0.548 e. The number of para-hydroxylation sites is 2. The molecule has 2 N–H and O–H groups in total. The highest BCUT2D eigenvalue weighted by molar-refractivity contribution is 6.05. The first-order valence-corrected chi connectivity index (χ1v) is 7.92. The molecule has 4 nitrogen and oxygen atoms in total. The molecule has 0 amide bonds. The number of carbonyl (C=O) groups excluding carboxylic acids is 1. The third-order valence-electron chi connectivity index (χ3n) is 4.43. The number of nitrogens with one attached hydrogen (secondary N) is 2. The van der Waals surface area contributed by atoms with Gasteiger partial charge in [0.05, 0.1) is 28.5 Å². The van der Waals surface area contributed by atoms with Crippen molar-refractivity contribution in [3.63, 3.8) is 0 Å². The van der Waals surface area contributed by atoms with Crippen LogP contribution in [0.2, 0.25) is 0 Å². The van der Waals surface area contributed by atoms with Crippen molar-refractivity contribution in [2.75, 3.05) is 5.32 Å². The minimum atomic E-state index is -1.07. The Kier molecular flexibility index (Phi) is 4.15. The van der Waals surface area contributed by atoms with Gasteiger partial charge in [0.2, 0.25) is 11.0 Å². The summed E-state index contributed by atoms with van der Waals surface area (Å²) in [4.78, 5) is 15.0. The van der Waals surface area contributed by atoms with Crippen LogP contribution in [0.25, 0.3) is 21.8 Å². The van der Waals surface area contributed by atoms with E-state index in [1.54, 1.807) is 0 Å². The molecule has 3 aromatic rings. The van der Waals surface area contributed by atoms with Crippen LogP contribution in [0.5, 0.6) is 0 Å². The van der Waals surface area contributed by atoms with Crippen LogP contribution < -0.4 is 15.4 Å². The van der Waals surface area contributed by atoms with Crippen molar-refractivity contribution in [1.29, 1.82) is 0 Å². The van der Waals surface area contributed by atoms with Gasteiger partial charge in [-0.3, -0.25) is 0 Å². The second-order valence-electron chi connectivity index (χ2n) is 5.92. The lowest BCUT2D eigenvalue weighted by Gasteiger charge is -2.27. The number of carboxylic acids is 1. The van der Waals surface area contributed by atoms with E-state index in [2.05, 4.69) is 10.3 Å². The topological polar surface area (TPSA) is 66.3 Å². The van der Waals surface area contributed by atoms with Gasteiger partial charge in [-0.1, -0.05) is 44.5 Å². The second kappa shape index (κ2) is 6.24. The molecule has 0 fully saturated rings. The van der Waals surface area contributed by atoms with Crippen molar-refractivity contribution >= 4 is 33.5 Å². The number of fused-ring (bicyclic) bond motifs is 2. The molecule has 2 atom stereocenters. The number of carboxylic acid groups (broad SMARTS) is 1. The second-order valence-corrected chi connectivity index (χ2v) is 5.92. The molecule has 0 spiro atoms. The minimum absolute atomic E-state index is 0.0262. The summed E-state index contributed by atoms with van der Waals surface area (Å²) in [5, 5.41) is 16.8. The van der Waals surface area contributed by atoms with E-state index in [0.29, 0.717) is 0 Å². The van der Waals surface area contributed by atoms with Gasteiger partial charge < -0.3 is 15.2 Å². The highest BCUT2D eigenvalue weighted by Gasteiger charge is 2.21.